The third kappa shape index (κ3) is 5.21. The smallest absolute Gasteiger partial charge is 0.260 e. The highest BCUT2D eigenvalue weighted by molar-refractivity contribution is 6.30. The van der Waals surface area contributed by atoms with Crippen LogP contribution < -0.4 is 4.74 Å². The second-order valence-electron chi connectivity index (χ2n) is 6.39. The first-order chi connectivity index (χ1) is 12.1. The van der Waals surface area contributed by atoms with Crippen LogP contribution in [-0.2, 0) is 11.3 Å². The quantitative estimate of drug-likeness (QED) is 0.821. The molecule has 1 aliphatic rings. The lowest BCUT2D eigenvalue weighted by Gasteiger charge is -2.34. The second kappa shape index (κ2) is 8.37. The minimum atomic E-state index is 0.0453. The van der Waals surface area contributed by atoms with Gasteiger partial charge in [-0.3, -0.25) is 9.69 Å². The lowest BCUT2D eigenvalue weighted by molar-refractivity contribution is -0.135. The third-order valence-corrected chi connectivity index (χ3v) is 4.61. The van der Waals surface area contributed by atoms with Crippen LogP contribution in [0.25, 0.3) is 0 Å². The van der Waals surface area contributed by atoms with E-state index in [0.717, 1.165) is 49.1 Å². The van der Waals surface area contributed by atoms with E-state index in [4.69, 9.17) is 16.3 Å². The van der Waals surface area contributed by atoms with Crippen LogP contribution in [0.3, 0.4) is 0 Å². The number of amides is 1. The Bertz CT molecular complexity index is 727. The zero-order chi connectivity index (χ0) is 17.6. The zero-order valence-corrected chi connectivity index (χ0v) is 15.2. The minimum absolute atomic E-state index is 0.0453. The van der Waals surface area contributed by atoms with Crippen LogP contribution in [-0.4, -0.2) is 48.5 Å². The molecule has 0 unspecified atom stereocenters. The number of hydrogen-bond donors (Lipinski definition) is 0. The number of hydrogen-bond acceptors (Lipinski definition) is 3. The van der Waals surface area contributed by atoms with Crippen molar-refractivity contribution >= 4 is 17.5 Å². The molecule has 1 fully saturated rings. The lowest BCUT2D eigenvalue weighted by Crippen LogP contribution is -2.49. The number of piperazine rings is 1. The Morgan fingerprint density at radius 3 is 2.56 bits per heavy atom. The number of ether oxygens (including phenoxy) is 1. The van der Waals surface area contributed by atoms with E-state index in [1.165, 1.54) is 5.56 Å². The molecule has 0 radical (unpaired) electrons. The topological polar surface area (TPSA) is 32.8 Å². The van der Waals surface area contributed by atoms with E-state index in [2.05, 4.69) is 11.0 Å². The number of carbonyl (C=O) groups is 1. The van der Waals surface area contributed by atoms with Gasteiger partial charge in [0.1, 0.15) is 5.75 Å². The first-order valence-corrected chi connectivity index (χ1v) is 8.92. The van der Waals surface area contributed by atoms with Crippen LogP contribution >= 0.6 is 11.6 Å². The number of carbonyl (C=O) groups excluding carboxylic acids is 1. The molecule has 1 aliphatic heterocycles. The molecule has 0 bridgehead atoms. The van der Waals surface area contributed by atoms with Crippen LogP contribution in [0, 0.1) is 6.92 Å². The minimum Gasteiger partial charge on any atom is -0.484 e. The Morgan fingerprint density at radius 1 is 1.08 bits per heavy atom. The average molecular weight is 359 g/mol. The molecule has 132 valence electrons. The highest BCUT2D eigenvalue weighted by Crippen LogP contribution is 2.15. The van der Waals surface area contributed by atoms with Crippen molar-refractivity contribution in [2.75, 3.05) is 32.8 Å². The molecule has 2 aromatic rings. The van der Waals surface area contributed by atoms with Crippen molar-refractivity contribution in [3.05, 3.63) is 64.7 Å². The number of aryl methyl sites for hydroxylation is 1. The Morgan fingerprint density at radius 2 is 1.84 bits per heavy atom. The summed E-state index contributed by atoms with van der Waals surface area (Å²) < 4.78 is 5.62. The standard InChI is InChI=1S/C20H23ClN2O2/c1-16-4-2-7-19(12-16)25-15-20(24)23-10-8-22(9-11-23)14-17-5-3-6-18(21)13-17/h2-7,12-13H,8-11,14-15H2,1H3. The van der Waals surface area contributed by atoms with Crippen LogP contribution in [0.5, 0.6) is 5.75 Å². The molecule has 0 aromatic heterocycles. The van der Waals surface area contributed by atoms with Crippen molar-refractivity contribution in [1.29, 1.82) is 0 Å². The first-order valence-electron chi connectivity index (χ1n) is 8.54. The fourth-order valence-electron chi connectivity index (χ4n) is 2.99. The monoisotopic (exact) mass is 358 g/mol. The van der Waals surface area contributed by atoms with Gasteiger partial charge in [0.2, 0.25) is 0 Å². The number of halogens is 1. The van der Waals surface area contributed by atoms with Crippen molar-refractivity contribution in [2.24, 2.45) is 0 Å². The van der Waals surface area contributed by atoms with Gasteiger partial charge in [0.25, 0.3) is 5.91 Å². The Balaban J connectivity index is 1.44. The van der Waals surface area contributed by atoms with Crippen LogP contribution in [0.1, 0.15) is 11.1 Å². The molecular weight excluding hydrogens is 336 g/mol. The average Bonchev–Trinajstić information content (AvgIpc) is 2.60. The van der Waals surface area contributed by atoms with Crippen molar-refractivity contribution in [2.45, 2.75) is 13.5 Å². The van der Waals surface area contributed by atoms with E-state index in [9.17, 15) is 4.79 Å². The summed E-state index contributed by atoms with van der Waals surface area (Å²) in [6.45, 7) is 6.16. The molecule has 2 aromatic carbocycles. The van der Waals surface area contributed by atoms with Crippen LogP contribution in [0.4, 0.5) is 0 Å². The van der Waals surface area contributed by atoms with Gasteiger partial charge in [-0.15, -0.1) is 0 Å². The van der Waals surface area contributed by atoms with Crippen LogP contribution in [0.2, 0.25) is 5.02 Å². The molecule has 0 N–H and O–H groups in total. The number of rotatable bonds is 5. The molecule has 3 rings (SSSR count). The van der Waals surface area contributed by atoms with E-state index < -0.39 is 0 Å². The SMILES string of the molecule is Cc1cccc(OCC(=O)N2CCN(Cc3cccc(Cl)c3)CC2)c1. The highest BCUT2D eigenvalue weighted by Gasteiger charge is 2.21. The third-order valence-electron chi connectivity index (χ3n) is 4.37. The van der Waals surface area contributed by atoms with Gasteiger partial charge in [0.05, 0.1) is 0 Å². The Kier molecular flexibility index (Phi) is 5.95. The molecule has 0 atom stereocenters. The summed E-state index contributed by atoms with van der Waals surface area (Å²) in [5.74, 6) is 0.789. The number of nitrogens with zero attached hydrogens (tertiary/aromatic N) is 2. The molecule has 1 saturated heterocycles. The number of benzene rings is 2. The summed E-state index contributed by atoms with van der Waals surface area (Å²) >= 11 is 6.04. The van der Waals surface area contributed by atoms with Gasteiger partial charge < -0.3 is 9.64 Å². The normalized spacial score (nSPS) is 15.2. The summed E-state index contributed by atoms with van der Waals surface area (Å²) in [4.78, 5) is 16.6. The summed E-state index contributed by atoms with van der Waals surface area (Å²) in [7, 11) is 0. The van der Waals surface area contributed by atoms with E-state index in [1.807, 2.05) is 54.3 Å². The van der Waals surface area contributed by atoms with Gasteiger partial charge in [-0.1, -0.05) is 35.9 Å². The summed E-state index contributed by atoms with van der Waals surface area (Å²) in [5, 5.41) is 0.764. The van der Waals surface area contributed by atoms with E-state index in [-0.39, 0.29) is 12.5 Å². The maximum Gasteiger partial charge on any atom is 0.260 e. The predicted molar refractivity (Wildman–Crippen MR) is 100.0 cm³/mol. The Labute approximate surface area is 154 Å². The maximum atomic E-state index is 12.3. The molecule has 4 nitrogen and oxygen atoms in total. The van der Waals surface area contributed by atoms with Crippen molar-refractivity contribution in [1.82, 2.24) is 9.80 Å². The summed E-state index contributed by atoms with van der Waals surface area (Å²) in [5.41, 5.74) is 2.33. The van der Waals surface area contributed by atoms with Crippen molar-refractivity contribution in [3.8, 4) is 5.75 Å². The van der Waals surface area contributed by atoms with Crippen molar-refractivity contribution in [3.63, 3.8) is 0 Å². The Hall–Kier alpha value is -2.04. The van der Waals surface area contributed by atoms with E-state index in [0.29, 0.717) is 0 Å². The zero-order valence-electron chi connectivity index (χ0n) is 14.5. The van der Waals surface area contributed by atoms with Crippen LogP contribution in [0.15, 0.2) is 48.5 Å². The van der Waals surface area contributed by atoms with Crippen molar-refractivity contribution < 1.29 is 9.53 Å². The van der Waals surface area contributed by atoms with E-state index in [1.54, 1.807) is 0 Å². The molecule has 5 heteroatoms. The fourth-order valence-corrected chi connectivity index (χ4v) is 3.20. The van der Waals surface area contributed by atoms with Gasteiger partial charge in [-0.2, -0.15) is 0 Å². The van der Waals surface area contributed by atoms with Gasteiger partial charge in [0.15, 0.2) is 6.61 Å². The van der Waals surface area contributed by atoms with Gasteiger partial charge >= 0.3 is 0 Å². The molecule has 0 saturated carbocycles. The first kappa shape index (κ1) is 17.8. The summed E-state index contributed by atoms with van der Waals surface area (Å²) in [6, 6.07) is 15.7. The predicted octanol–water partition coefficient (Wildman–Crippen LogP) is 3.37. The molecule has 1 heterocycles. The molecular formula is C20H23ClN2O2. The van der Waals surface area contributed by atoms with Gasteiger partial charge in [-0.25, -0.2) is 0 Å². The molecule has 1 amide bonds. The van der Waals surface area contributed by atoms with Gasteiger partial charge in [-0.05, 0) is 42.3 Å². The molecule has 0 aliphatic carbocycles. The summed E-state index contributed by atoms with van der Waals surface area (Å²) in [6.07, 6.45) is 0. The van der Waals surface area contributed by atoms with Gasteiger partial charge in [0, 0.05) is 37.7 Å². The fraction of sp³-hybridized carbons (Fsp3) is 0.350. The lowest BCUT2D eigenvalue weighted by atomic mass is 10.2. The van der Waals surface area contributed by atoms with E-state index >= 15 is 0 Å². The molecule has 25 heavy (non-hydrogen) atoms. The largest absolute Gasteiger partial charge is 0.484 e. The second-order valence-corrected chi connectivity index (χ2v) is 6.83. The maximum absolute atomic E-state index is 12.3. The molecule has 0 spiro atoms. The highest BCUT2D eigenvalue weighted by atomic mass is 35.5.